The molecule has 7 nitrogen and oxygen atoms in total. The van der Waals surface area contributed by atoms with Crippen molar-refractivity contribution in [3.63, 3.8) is 0 Å². The second kappa shape index (κ2) is 7.32. The molecule has 1 aliphatic heterocycles. The van der Waals surface area contributed by atoms with Gasteiger partial charge in [0.25, 0.3) is 0 Å². The Labute approximate surface area is 135 Å². The predicted octanol–water partition coefficient (Wildman–Crippen LogP) is 0.626. The molecule has 0 radical (unpaired) electrons. The third kappa shape index (κ3) is 3.92. The van der Waals surface area contributed by atoms with Crippen LogP contribution in [0, 0.1) is 0 Å². The van der Waals surface area contributed by atoms with Crippen LogP contribution in [0.25, 0.3) is 0 Å². The minimum Gasteiger partial charge on any atom is -0.353 e. The molecule has 0 fully saturated rings. The van der Waals surface area contributed by atoms with Crippen molar-refractivity contribution in [2.24, 2.45) is 0 Å². The molecule has 1 amide bonds. The van der Waals surface area contributed by atoms with Gasteiger partial charge < -0.3 is 5.32 Å². The summed E-state index contributed by atoms with van der Waals surface area (Å²) in [5.74, 6) is -0.0619. The van der Waals surface area contributed by atoms with Gasteiger partial charge in [-0.05, 0) is 34.4 Å². The first-order valence-electron chi connectivity index (χ1n) is 8.04. The van der Waals surface area contributed by atoms with E-state index in [1.807, 2.05) is 0 Å². The first-order chi connectivity index (χ1) is 11.3. The number of carbonyl (C=O) groups excluding carboxylic acids is 1. The molecule has 1 aliphatic rings. The molecule has 1 atom stereocenters. The lowest BCUT2D eigenvalue weighted by molar-refractivity contribution is -0.122. The number of rotatable bonds is 6. The van der Waals surface area contributed by atoms with Gasteiger partial charge >= 0.3 is 0 Å². The maximum absolute atomic E-state index is 12.0. The Morgan fingerprint density at radius 2 is 2.17 bits per heavy atom. The van der Waals surface area contributed by atoms with Crippen LogP contribution < -0.4 is 5.32 Å². The quantitative estimate of drug-likeness (QED) is 0.846. The van der Waals surface area contributed by atoms with Crippen molar-refractivity contribution in [3.05, 3.63) is 41.7 Å². The number of hydrogen-bond donors (Lipinski definition) is 1. The number of nitrogens with zero attached hydrogens (tertiary/aromatic N) is 5. The molecule has 7 heteroatoms. The van der Waals surface area contributed by atoms with Gasteiger partial charge in [-0.2, -0.15) is 0 Å². The van der Waals surface area contributed by atoms with Crippen LogP contribution in [0.4, 0.5) is 0 Å². The Kier molecular flexibility index (Phi) is 4.97. The Morgan fingerprint density at radius 3 is 2.91 bits per heavy atom. The molecule has 1 aromatic heterocycles. The number of amides is 1. The van der Waals surface area contributed by atoms with E-state index in [2.05, 4.69) is 56.9 Å². The molecule has 0 saturated carbocycles. The van der Waals surface area contributed by atoms with Crippen LogP contribution in [-0.4, -0.2) is 50.1 Å². The fourth-order valence-electron chi connectivity index (χ4n) is 3.05. The minimum absolute atomic E-state index is 0.0619. The predicted molar refractivity (Wildman–Crippen MR) is 85.5 cm³/mol. The summed E-state index contributed by atoms with van der Waals surface area (Å²) in [6.45, 7) is 4.97. The molecule has 1 aromatic carbocycles. The van der Waals surface area contributed by atoms with Crippen LogP contribution in [0.1, 0.15) is 24.5 Å². The van der Waals surface area contributed by atoms with Gasteiger partial charge in [-0.3, -0.25) is 9.69 Å². The number of benzene rings is 1. The highest BCUT2D eigenvalue weighted by Gasteiger charge is 2.22. The number of fused-ring (bicyclic) bond motifs is 1. The molecule has 0 bridgehead atoms. The minimum atomic E-state index is -0.0619. The van der Waals surface area contributed by atoms with Gasteiger partial charge in [0.1, 0.15) is 12.9 Å². The number of carbonyl (C=O) groups is 1. The summed E-state index contributed by atoms with van der Waals surface area (Å²) in [5, 5.41) is 13.8. The van der Waals surface area contributed by atoms with E-state index in [9.17, 15) is 4.79 Å². The van der Waals surface area contributed by atoms with Gasteiger partial charge in [0.15, 0.2) is 0 Å². The maximum atomic E-state index is 12.0. The molecular weight excluding hydrogens is 292 g/mol. The van der Waals surface area contributed by atoms with E-state index in [0.29, 0.717) is 12.6 Å². The zero-order valence-electron chi connectivity index (χ0n) is 13.4. The van der Waals surface area contributed by atoms with Gasteiger partial charge in [0, 0.05) is 25.7 Å². The van der Waals surface area contributed by atoms with E-state index in [0.717, 1.165) is 25.9 Å². The van der Waals surface area contributed by atoms with Crippen molar-refractivity contribution in [3.8, 4) is 0 Å². The van der Waals surface area contributed by atoms with Crippen molar-refractivity contribution in [1.82, 2.24) is 30.4 Å². The van der Waals surface area contributed by atoms with E-state index >= 15 is 0 Å². The molecule has 2 heterocycles. The fraction of sp³-hybridized carbons (Fsp3) is 0.500. The number of hydrogen-bond acceptors (Lipinski definition) is 5. The average molecular weight is 314 g/mol. The van der Waals surface area contributed by atoms with Crippen molar-refractivity contribution < 1.29 is 4.79 Å². The van der Waals surface area contributed by atoms with Crippen LogP contribution in [0.3, 0.4) is 0 Å². The summed E-state index contributed by atoms with van der Waals surface area (Å²) < 4.78 is 1.42. The summed E-state index contributed by atoms with van der Waals surface area (Å²) in [6, 6.07) is 8.95. The molecule has 2 aromatic rings. The highest BCUT2D eigenvalue weighted by molar-refractivity contribution is 5.75. The monoisotopic (exact) mass is 314 g/mol. The molecule has 0 spiro atoms. The van der Waals surface area contributed by atoms with Crippen LogP contribution in [-0.2, 0) is 24.3 Å². The van der Waals surface area contributed by atoms with E-state index in [-0.39, 0.29) is 12.5 Å². The second-order valence-electron chi connectivity index (χ2n) is 5.86. The molecule has 0 saturated heterocycles. The van der Waals surface area contributed by atoms with Crippen LogP contribution in [0.15, 0.2) is 30.6 Å². The van der Waals surface area contributed by atoms with Crippen molar-refractivity contribution in [2.45, 2.75) is 38.9 Å². The normalized spacial score (nSPS) is 15.9. The van der Waals surface area contributed by atoms with Crippen molar-refractivity contribution >= 4 is 5.91 Å². The molecular formula is C16H22N6O. The lowest BCUT2D eigenvalue weighted by Gasteiger charge is -2.35. The van der Waals surface area contributed by atoms with E-state index in [1.165, 1.54) is 22.1 Å². The van der Waals surface area contributed by atoms with E-state index in [4.69, 9.17) is 0 Å². The van der Waals surface area contributed by atoms with Crippen LogP contribution in [0.5, 0.6) is 0 Å². The summed E-state index contributed by atoms with van der Waals surface area (Å²) in [7, 11) is 0. The van der Waals surface area contributed by atoms with Gasteiger partial charge in [-0.1, -0.05) is 31.2 Å². The van der Waals surface area contributed by atoms with Gasteiger partial charge in [-0.15, -0.1) is 5.10 Å². The third-order valence-corrected chi connectivity index (χ3v) is 4.38. The molecule has 23 heavy (non-hydrogen) atoms. The third-order valence-electron chi connectivity index (χ3n) is 4.38. The fourth-order valence-corrected chi connectivity index (χ4v) is 3.05. The Bertz CT molecular complexity index is 642. The Balaban J connectivity index is 1.53. The van der Waals surface area contributed by atoms with Gasteiger partial charge in [0.2, 0.25) is 5.91 Å². The largest absolute Gasteiger partial charge is 0.353 e. The van der Waals surface area contributed by atoms with Gasteiger partial charge in [-0.25, -0.2) is 4.68 Å². The maximum Gasteiger partial charge on any atom is 0.241 e. The molecule has 0 aliphatic carbocycles. The van der Waals surface area contributed by atoms with E-state index in [1.54, 1.807) is 0 Å². The highest BCUT2D eigenvalue weighted by atomic mass is 16.2. The molecule has 122 valence electrons. The zero-order chi connectivity index (χ0) is 16.1. The lowest BCUT2D eigenvalue weighted by Crippen LogP contribution is -2.46. The Hall–Kier alpha value is -2.28. The SMILES string of the molecule is CC[C@H](CNC(=O)Cn1cnnn1)N1CCc2ccccc2C1. The van der Waals surface area contributed by atoms with Crippen molar-refractivity contribution in [1.29, 1.82) is 0 Å². The standard InChI is InChI=1S/C16H22N6O/c1-2-15(9-17-16(23)11-22-12-18-19-20-22)21-8-7-13-5-3-4-6-14(13)10-21/h3-6,12,15H,2,7-11H2,1H3,(H,17,23)/t15-/m1/s1. The van der Waals surface area contributed by atoms with Crippen LogP contribution >= 0.6 is 0 Å². The first kappa shape index (κ1) is 15.6. The van der Waals surface area contributed by atoms with Crippen LogP contribution in [0.2, 0.25) is 0 Å². The highest BCUT2D eigenvalue weighted by Crippen LogP contribution is 2.21. The summed E-state index contributed by atoms with van der Waals surface area (Å²) in [6.07, 6.45) is 3.52. The molecule has 0 unspecified atom stereocenters. The molecule has 3 rings (SSSR count). The summed E-state index contributed by atoms with van der Waals surface area (Å²) >= 11 is 0. The second-order valence-corrected chi connectivity index (χ2v) is 5.86. The smallest absolute Gasteiger partial charge is 0.241 e. The average Bonchev–Trinajstić information content (AvgIpc) is 3.08. The van der Waals surface area contributed by atoms with Crippen molar-refractivity contribution in [2.75, 3.05) is 13.1 Å². The number of nitrogens with one attached hydrogen (secondary N) is 1. The topological polar surface area (TPSA) is 75.9 Å². The molecule has 1 N–H and O–H groups in total. The lowest BCUT2D eigenvalue weighted by atomic mass is 9.98. The summed E-state index contributed by atoms with van der Waals surface area (Å²) in [4.78, 5) is 14.4. The number of tetrazole rings is 1. The Morgan fingerprint density at radius 1 is 1.35 bits per heavy atom. The van der Waals surface area contributed by atoms with Gasteiger partial charge in [0.05, 0.1) is 0 Å². The zero-order valence-corrected chi connectivity index (χ0v) is 13.4. The first-order valence-corrected chi connectivity index (χ1v) is 8.04. The van der Waals surface area contributed by atoms with E-state index < -0.39 is 0 Å². The number of aromatic nitrogens is 4. The summed E-state index contributed by atoms with van der Waals surface area (Å²) in [5.41, 5.74) is 2.85.